The van der Waals surface area contributed by atoms with Gasteiger partial charge in [-0.1, -0.05) is 12.8 Å². The molecular formula is C12H18F3N5O. The summed E-state index contributed by atoms with van der Waals surface area (Å²) in [5, 5.41) is 9.17. The van der Waals surface area contributed by atoms with Gasteiger partial charge in [-0.3, -0.25) is 5.43 Å². The average molecular weight is 305 g/mol. The fourth-order valence-electron chi connectivity index (χ4n) is 2.60. The van der Waals surface area contributed by atoms with Crippen molar-refractivity contribution in [1.29, 1.82) is 0 Å². The van der Waals surface area contributed by atoms with Crippen LogP contribution in [0.2, 0.25) is 0 Å². The van der Waals surface area contributed by atoms with Crippen molar-refractivity contribution in [2.75, 3.05) is 23.5 Å². The van der Waals surface area contributed by atoms with Gasteiger partial charge in [-0.05, 0) is 12.8 Å². The van der Waals surface area contributed by atoms with Gasteiger partial charge < -0.3 is 10.0 Å². The Kier molecular flexibility index (Phi) is 4.84. The molecule has 6 nitrogen and oxygen atoms in total. The fraction of sp³-hybridized carbons (Fsp3) is 0.667. The Labute approximate surface area is 120 Å². The second-order valence-electron chi connectivity index (χ2n) is 4.93. The monoisotopic (exact) mass is 305 g/mol. The minimum absolute atomic E-state index is 0.0822. The minimum Gasteiger partial charge on any atom is -0.395 e. The molecule has 2 rings (SSSR count). The van der Waals surface area contributed by atoms with Gasteiger partial charge in [-0.25, -0.2) is 10.8 Å². The van der Waals surface area contributed by atoms with E-state index in [1.165, 1.54) is 0 Å². The third kappa shape index (κ3) is 3.73. The number of alkyl halides is 3. The molecule has 1 aliphatic rings. The van der Waals surface area contributed by atoms with Crippen LogP contribution in [0.25, 0.3) is 0 Å². The first-order valence-corrected chi connectivity index (χ1v) is 6.76. The number of anilines is 2. The van der Waals surface area contributed by atoms with Gasteiger partial charge in [0.2, 0.25) is 5.95 Å². The highest BCUT2D eigenvalue weighted by molar-refractivity contribution is 5.46. The first kappa shape index (κ1) is 15.8. The first-order valence-electron chi connectivity index (χ1n) is 6.76. The van der Waals surface area contributed by atoms with Gasteiger partial charge in [0.1, 0.15) is 5.82 Å². The molecule has 1 aliphatic carbocycles. The maximum Gasteiger partial charge on any atom is 0.433 e. The molecule has 0 radical (unpaired) electrons. The lowest BCUT2D eigenvalue weighted by molar-refractivity contribution is -0.141. The van der Waals surface area contributed by atoms with Crippen LogP contribution in [0, 0.1) is 0 Å². The molecule has 9 heteroatoms. The van der Waals surface area contributed by atoms with E-state index >= 15 is 0 Å². The Balaban J connectivity index is 2.38. The Morgan fingerprint density at radius 3 is 2.52 bits per heavy atom. The molecule has 1 aromatic heterocycles. The lowest BCUT2D eigenvalue weighted by Gasteiger charge is -2.30. The van der Waals surface area contributed by atoms with Crippen LogP contribution in [-0.4, -0.2) is 34.3 Å². The van der Waals surface area contributed by atoms with E-state index in [2.05, 4.69) is 15.4 Å². The van der Waals surface area contributed by atoms with Crippen LogP contribution in [0.5, 0.6) is 0 Å². The molecule has 0 aliphatic heterocycles. The maximum absolute atomic E-state index is 12.9. The van der Waals surface area contributed by atoms with E-state index in [1.54, 1.807) is 4.90 Å². The molecule has 0 spiro atoms. The van der Waals surface area contributed by atoms with Crippen molar-refractivity contribution in [1.82, 2.24) is 9.97 Å². The number of nitrogens with one attached hydrogen (secondary N) is 1. The second-order valence-corrected chi connectivity index (χ2v) is 4.93. The minimum atomic E-state index is -4.58. The van der Waals surface area contributed by atoms with Crippen LogP contribution >= 0.6 is 0 Å². The van der Waals surface area contributed by atoms with E-state index in [-0.39, 0.29) is 31.0 Å². The molecule has 1 fully saturated rings. The summed E-state index contributed by atoms with van der Waals surface area (Å²) >= 11 is 0. The van der Waals surface area contributed by atoms with E-state index in [4.69, 9.17) is 10.9 Å². The highest BCUT2D eigenvalue weighted by Gasteiger charge is 2.35. The molecule has 118 valence electrons. The Bertz CT molecular complexity index is 476. The summed E-state index contributed by atoms with van der Waals surface area (Å²) in [6, 6.07) is 0.980. The predicted octanol–water partition coefficient (Wildman–Crippen LogP) is 1.52. The molecule has 0 saturated heterocycles. The van der Waals surface area contributed by atoms with Gasteiger partial charge in [-0.2, -0.15) is 18.2 Å². The summed E-state index contributed by atoms with van der Waals surface area (Å²) in [5.41, 5.74) is 1.00. The van der Waals surface area contributed by atoms with E-state index in [9.17, 15) is 13.2 Å². The molecule has 0 unspecified atom stereocenters. The largest absolute Gasteiger partial charge is 0.433 e. The van der Waals surface area contributed by atoms with Crippen molar-refractivity contribution in [3.63, 3.8) is 0 Å². The zero-order valence-electron chi connectivity index (χ0n) is 11.4. The smallest absolute Gasteiger partial charge is 0.395 e. The third-order valence-electron chi connectivity index (χ3n) is 3.53. The number of halogens is 3. The second kappa shape index (κ2) is 6.44. The number of aliphatic hydroxyl groups excluding tert-OH is 1. The summed E-state index contributed by atoms with van der Waals surface area (Å²) in [6.45, 7) is 0.0657. The van der Waals surface area contributed by atoms with E-state index in [0.29, 0.717) is 0 Å². The van der Waals surface area contributed by atoms with Crippen LogP contribution < -0.4 is 16.2 Å². The molecule has 0 aromatic carbocycles. The number of aliphatic hydroxyl groups is 1. The van der Waals surface area contributed by atoms with E-state index < -0.39 is 11.9 Å². The van der Waals surface area contributed by atoms with Crippen molar-refractivity contribution >= 4 is 11.8 Å². The standard InChI is InChI=1S/C12H18F3N5O/c13-12(14,15)9-7-10(18-11(17-9)19-16)20(5-6-21)8-3-1-2-4-8/h7-8,21H,1-6,16H2,(H,17,18,19). The summed E-state index contributed by atoms with van der Waals surface area (Å²) < 4.78 is 38.7. The molecule has 1 saturated carbocycles. The number of aromatic nitrogens is 2. The quantitative estimate of drug-likeness (QED) is 0.565. The van der Waals surface area contributed by atoms with Gasteiger partial charge in [0.25, 0.3) is 0 Å². The Morgan fingerprint density at radius 2 is 2.00 bits per heavy atom. The van der Waals surface area contributed by atoms with Gasteiger partial charge >= 0.3 is 6.18 Å². The summed E-state index contributed by atoms with van der Waals surface area (Å²) in [4.78, 5) is 9.03. The van der Waals surface area contributed by atoms with Crippen molar-refractivity contribution in [3.05, 3.63) is 11.8 Å². The number of nitrogen functional groups attached to an aromatic ring is 1. The van der Waals surface area contributed by atoms with Crippen LogP contribution in [0.4, 0.5) is 24.9 Å². The van der Waals surface area contributed by atoms with Crippen molar-refractivity contribution in [3.8, 4) is 0 Å². The van der Waals surface area contributed by atoms with Gasteiger partial charge in [-0.15, -0.1) is 0 Å². The van der Waals surface area contributed by atoms with Crippen LogP contribution in [-0.2, 0) is 6.18 Å². The zero-order chi connectivity index (χ0) is 15.5. The van der Waals surface area contributed by atoms with Gasteiger partial charge in [0.05, 0.1) is 6.61 Å². The topological polar surface area (TPSA) is 87.3 Å². The predicted molar refractivity (Wildman–Crippen MR) is 71.5 cm³/mol. The molecule has 1 aromatic rings. The molecule has 21 heavy (non-hydrogen) atoms. The number of nitrogens with zero attached hydrogens (tertiary/aromatic N) is 3. The van der Waals surface area contributed by atoms with E-state index in [1.807, 2.05) is 0 Å². The first-order chi connectivity index (χ1) is 9.95. The number of hydrogen-bond donors (Lipinski definition) is 3. The SMILES string of the molecule is NNc1nc(N(CCO)C2CCCC2)cc(C(F)(F)F)n1. The van der Waals surface area contributed by atoms with E-state index in [0.717, 1.165) is 31.7 Å². The van der Waals surface area contributed by atoms with Crippen LogP contribution in [0.15, 0.2) is 6.07 Å². The fourth-order valence-corrected chi connectivity index (χ4v) is 2.60. The molecule has 0 bridgehead atoms. The van der Waals surface area contributed by atoms with Crippen molar-refractivity contribution < 1.29 is 18.3 Å². The lowest BCUT2D eigenvalue weighted by atomic mass is 10.2. The summed E-state index contributed by atoms with van der Waals surface area (Å²) in [5.74, 6) is 4.99. The number of hydrogen-bond acceptors (Lipinski definition) is 6. The molecular weight excluding hydrogens is 287 g/mol. The Hall–Kier alpha value is -1.61. The van der Waals surface area contributed by atoms with Gasteiger partial charge in [0.15, 0.2) is 5.69 Å². The van der Waals surface area contributed by atoms with Crippen LogP contribution in [0.3, 0.4) is 0 Å². The third-order valence-corrected chi connectivity index (χ3v) is 3.53. The molecule has 0 atom stereocenters. The number of rotatable bonds is 5. The molecule has 1 heterocycles. The molecule has 0 amide bonds. The summed E-state index contributed by atoms with van der Waals surface area (Å²) in [6.07, 6.45) is -0.797. The maximum atomic E-state index is 12.9. The molecule has 4 N–H and O–H groups in total. The lowest BCUT2D eigenvalue weighted by Crippen LogP contribution is -2.37. The number of nitrogens with two attached hydrogens (primary N) is 1. The van der Waals surface area contributed by atoms with Crippen molar-refractivity contribution in [2.24, 2.45) is 5.84 Å². The normalized spacial score (nSPS) is 16.2. The van der Waals surface area contributed by atoms with Crippen molar-refractivity contribution in [2.45, 2.75) is 37.9 Å². The van der Waals surface area contributed by atoms with Gasteiger partial charge in [0, 0.05) is 18.7 Å². The highest BCUT2D eigenvalue weighted by Crippen LogP contribution is 2.33. The average Bonchev–Trinajstić information content (AvgIpc) is 2.97. The summed E-state index contributed by atoms with van der Waals surface area (Å²) in [7, 11) is 0. The number of hydrazine groups is 1. The zero-order valence-corrected chi connectivity index (χ0v) is 11.4. The highest BCUT2D eigenvalue weighted by atomic mass is 19.4. The van der Waals surface area contributed by atoms with Crippen LogP contribution in [0.1, 0.15) is 31.4 Å². The Morgan fingerprint density at radius 1 is 1.33 bits per heavy atom.